The number of anilines is 2. The Hall–Kier alpha value is -3.16. The Labute approximate surface area is 149 Å². The lowest BCUT2D eigenvalue weighted by Gasteiger charge is -2.38. The summed E-state index contributed by atoms with van der Waals surface area (Å²) in [5, 5.41) is 2.52. The number of carbonyl (C=O) groups is 2. The van der Waals surface area contributed by atoms with Crippen LogP contribution in [0.5, 0.6) is 11.5 Å². The minimum Gasteiger partial charge on any atom is -0.494 e. The van der Waals surface area contributed by atoms with E-state index in [1.54, 1.807) is 25.3 Å². The molecular weight excluding hydrogens is 341 g/mol. The lowest BCUT2D eigenvalue weighted by molar-refractivity contribution is -0.145. The molecular formula is C18H18FN3O4. The summed E-state index contributed by atoms with van der Waals surface area (Å²) in [6, 6.07) is 7.26. The summed E-state index contributed by atoms with van der Waals surface area (Å²) in [5.41, 5.74) is -1.62. The summed E-state index contributed by atoms with van der Waals surface area (Å²) in [4.78, 5) is 31.2. The lowest BCUT2D eigenvalue weighted by Crippen LogP contribution is -2.60. The van der Waals surface area contributed by atoms with Crippen molar-refractivity contribution in [3.8, 4) is 11.5 Å². The van der Waals surface area contributed by atoms with Crippen LogP contribution in [-0.4, -0.2) is 36.1 Å². The number of hydrogen-bond donors (Lipinski definition) is 1. The maximum Gasteiger partial charge on any atom is 0.282 e. The van der Waals surface area contributed by atoms with E-state index in [0.29, 0.717) is 18.1 Å². The predicted molar refractivity (Wildman–Crippen MR) is 92.9 cm³/mol. The summed E-state index contributed by atoms with van der Waals surface area (Å²) in [6.45, 7) is 3.48. The van der Waals surface area contributed by atoms with Crippen molar-refractivity contribution in [1.82, 2.24) is 4.98 Å². The smallest absolute Gasteiger partial charge is 0.282 e. The molecule has 0 fully saturated rings. The maximum atomic E-state index is 13.8. The van der Waals surface area contributed by atoms with Gasteiger partial charge in [-0.2, -0.15) is 0 Å². The van der Waals surface area contributed by atoms with Crippen molar-refractivity contribution in [3.05, 3.63) is 42.3 Å². The standard InChI is InChI=1S/C18H18FN3O4/c1-4-22-15-14(6-5-9-20-15)26-18(2,17(22)24)16(23)21-11-7-8-13(25-3)12(19)10-11/h5-10H,4H2,1-3H3,(H,21,23)/t18-/m1/s1. The third-order valence-electron chi connectivity index (χ3n) is 4.13. The second kappa shape index (κ2) is 6.62. The van der Waals surface area contributed by atoms with Gasteiger partial charge in [0.05, 0.1) is 7.11 Å². The molecule has 0 bridgehead atoms. The van der Waals surface area contributed by atoms with E-state index in [1.807, 2.05) is 0 Å². The van der Waals surface area contributed by atoms with Crippen molar-refractivity contribution < 1.29 is 23.5 Å². The maximum absolute atomic E-state index is 13.8. The number of carbonyl (C=O) groups excluding carboxylic acids is 2. The van der Waals surface area contributed by atoms with Gasteiger partial charge in [-0.25, -0.2) is 9.37 Å². The number of benzene rings is 1. The van der Waals surface area contributed by atoms with Crippen molar-refractivity contribution in [3.63, 3.8) is 0 Å². The second-order valence-corrected chi connectivity index (χ2v) is 5.81. The minimum absolute atomic E-state index is 0.0522. The zero-order valence-electron chi connectivity index (χ0n) is 14.6. The number of nitrogens with zero attached hydrogens (tertiary/aromatic N) is 2. The number of rotatable bonds is 4. The third-order valence-corrected chi connectivity index (χ3v) is 4.13. The zero-order valence-corrected chi connectivity index (χ0v) is 14.6. The molecule has 1 aliphatic heterocycles. The number of nitrogens with one attached hydrogen (secondary N) is 1. The van der Waals surface area contributed by atoms with Crippen LogP contribution in [0.3, 0.4) is 0 Å². The summed E-state index contributed by atoms with van der Waals surface area (Å²) < 4.78 is 24.4. The van der Waals surface area contributed by atoms with E-state index in [4.69, 9.17) is 9.47 Å². The van der Waals surface area contributed by atoms with Gasteiger partial charge in [0.1, 0.15) is 0 Å². The molecule has 2 amide bonds. The Kier molecular flexibility index (Phi) is 4.50. The molecule has 0 saturated carbocycles. The van der Waals surface area contributed by atoms with Crippen LogP contribution >= 0.6 is 0 Å². The van der Waals surface area contributed by atoms with Gasteiger partial charge in [0.25, 0.3) is 17.4 Å². The van der Waals surface area contributed by atoms with E-state index in [0.717, 1.165) is 6.07 Å². The number of likely N-dealkylation sites (N-methyl/N-ethyl adjacent to an activating group) is 1. The normalized spacial score (nSPS) is 18.8. The summed E-state index contributed by atoms with van der Waals surface area (Å²) in [5.74, 6) is -1.14. The van der Waals surface area contributed by atoms with Crippen LogP contribution in [0.25, 0.3) is 0 Å². The van der Waals surface area contributed by atoms with E-state index in [9.17, 15) is 14.0 Å². The Balaban J connectivity index is 1.91. The van der Waals surface area contributed by atoms with E-state index in [-0.39, 0.29) is 11.4 Å². The monoisotopic (exact) mass is 359 g/mol. The van der Waals surface area contributed by atoms with Gasteiger partial charge in [0.2, 0.25) is 0 Å². The average molecular weight is 359 g/mol. The molecule has 0 spiro atoms. The Morgan fingerprint density at radius 3 is 2.85 bits per heavy atom. The topological polar surface area (TPSA) is 80.8 Å². The first-order valence-corrected chi connectivity index (χ1v) is 8.01. The number of hydrogen-bond acceptors (Lipinski definition) is 5. The highest BCUT2D eigenvalue weighted by Gasteiger charge is 2.50. The Bertz CT molecular complexity index is 873. The molecule has 8 heteroatoms. The quantitative estimate of drug-likeness (QED) is 0.848. The number of methoxy groups -OCH3 is 1. The number of ether oxygens (including phenoxy) is 2. The van der Waals surface area contributed by atoms with Crippen LogP contribution in [-0.2, 0) is 9.59 Å². The van der Waals surface area contributed by atoms with Crippen molar-refractivity contribution in [2.24, 2.45) is 0 Å². The van der Waals surface area contributed by atoms with E-state index < -0.39 is 23.2 Å². The molecule has 2 aromatic rings. The largest absolute Gasteiger partial charge is 0.494 e. The molecule has 1 aromatic carbocycles. The zero-order chi connectivity index (χ0) is 18.9. The highest BCUT2D eigenvalue weighted by Crippen LogP contribution is 2.36. The van der Waals surface area contributed by atoms with Crippen LogP contribution in [0.4, 0.5) is 15.9 Å². The summed E-state index contributed by atoms with van der Waals surface area (Å²) in [7, 11) is 1.34. The van der Waals surface area contributed by atoms with E-state index in [1.165, 1.54) is 31.1 Å². The van der Waals surface area contributed by atoms with Crippen molar-refractivity contribution in [1.29, 1.82) is 0 Å². The molecule has 0 aliphatic carbocycles. The fraction of sp³-hybridized carbons (Fsp3) is 0.278. The number of pyridine rings is 1. The lowest BCUT2D eigenvalue weighted by atomic mass is 10.0. The first-order valence-electron chi connectivity index (χ1n) is 8.01. The van der Waals surface area contributed by atoms with Gasteiger partial charge in [-0.15, -0.1) is 0 Å². The van der Waals surface area contributed by atoms with Gasteiger partial charge in [0, 0.05) is 24.5 Å². The highest BCUT2D eigenvalue weighted by molar-refractivity contribution is 6.19. The number of halogens is 1. The third kappa shape index (κ3) is 2.83. The highest BCUT2D eigenvalue weighted by atomic mass is 19.1. The van der Waals surface area contributed by atoms with Gasteiger partial charge in [-0.3, -0.25) is 14.5 Å². The van der Waals surface area contributed by atoms with Crippen LogP contribution in [0.1, 0.15) is 13.8 Å². The molecule has 0 radical (unpaired) electrons. The van der Waals surface area contributed by atoms with Gasteiger partial charge in [-0.05, 0) is 38.1 Å². The molecule has 3 rings (SSSR count). The summed E-state index contributed by atoms with van der Waals surface area (Å²) in [6.07, 6.45) is 1.54. The molecule has 1 aromatic heterocycles. The van der Waals surface area contributed by atoms with Crippen LogP contribution < -0.4 is 19.7 Å². The fourth-order valence-electron chi connectivity index (χ4n) is 2.71. The molecule has 136 valence electrons. The van der Waals surface area contributed by atoms with Crippen molar-refractivity contribution in [2.45, 2.75) is 19.4 Å². The molecule has 26 heavy (non-hydrogen) atoms. The SMILES string of the molecule is CCN1C(=O)[C@@](C)(C(=O)Nc2ccc(OC)c(F)c2)Oc2cccnc21. The predicted octanol–water partition coefficient (Wildman–Crippen LogP) is 2.37. The van der Waals surface area contributed by atoms with Crippen molar-refractivity contribution >= 4 is 23.3 Å². The number of amides is 2. The average Bonchev–Trinajstić information content (AvgIpc) is 2.63. The fourth-order valence-corrected chi connectivity index (χ4v) is 2.71. The Morgan fingerprint density at radius 1 is 1.42 bits per heavy atom. The number of aromatic nitrogens is 1. The first kappa shape index (κ1) is 17.7. The van der Waals surface area contributed by atoms with Gasteiger partial charge in [0.15, 0.2) is 23.1 Å². The van der Waals surface area contributed by atoms with E-state index >= 15 is 0 Å². The van der Waals surface area contributed by atoms with Gasteiger partial charge >= 0.3 is 0 Å². The van der Waals surface area contributed by atoms with Crippen molar-refractivity contribution in [2.75, 3.05) is 23.9 Å². The molecule has 1 atom stereocenters. The number of fused-ring (bicyclic) bond motifs is 1. The minimum atomic E-state index is -1.80. The first-order chi connectivity index (χ1) is 12.4. The Morgan fingerprint density at radius 2 is 2.19 bits per heavy atom. The van der Waals surface area contributed by atoms with Crippen LogP contribution in [0.15, 0.2) is 36.5 Å². The molecule has 1 aliphatic rings. The molecule has 1 N–H and O–H groups in total. The van der Waals surface area contributed by atoms with E-state index in [2.05, 4.69) is 10.3 Å². The van der Waals surface area contributed by atoms with Gasteiger partial charge < -0.3 is 14.8 Å². The van der Waals surface area contributed by atoms with Crippen LogP contribution in [0, 0.1) is 5.82 Å². The van der Waals surface area contributed by atoms with Crippen LogP contribution in [0.2, 0.25) is 0 Å². The molecule has 0 unspecified atom stereocenters. The second-order valence-electron chi connectivity index (χ2n) is 5.81. The summed E-state index contributed by atoms with van der Waals surface area (Å²) >= 11 is 0. The molecule has 2 heterocycles. The van der Waals surface area contributed by atoms with Gasteiger partial charge in [-0.1, -0.05) is 0 Å². The molecule has 7 nitrogen and oxygen atoms in total. The molecule has 0 saturated heterocycles.